The van der Waals surface area contributed by atoms with E-state index in [1.54, 1.807) is 24.3 Å². The van der Waals surface area contributed by atoms with Crippen molar-refractivity contribution in [2.24, 2.45) is 0 Å². The number of carbonyl (C=O) groups is 2. The molecule has 0 radical (unpaired) electrons. The van der Waals surface area contributed by atoms with Crippen LogP contribution in [-0.4, -0.2) is 30.6 Å². The van der Waals surface area contributed by atoms with E-state index in [0.29, 0.717) is 9.99 Å². The molecule has 1 N–H and O–H groups in total. The molecule has 0 bridgehead atoms. The molecule has 124 valence electrons. The maximum Gasteiger partial charge on any atom is 0.269 e. The molecule has 2 aromatic rings. The van der Waals surface area contributed by atoms with Crippen LogP contribution >= 0.6 is 0 Å². The monoisotopic (exact) mass is 344 g/mol. The molecule has 0 spiro atoms. The summed E-state index contributed by atoms with van der Waals surface area (Å²) >= 11 is 0. The molecule has 0 aromatic heterocycles. The lowest BCUT2D eigenvalue weighted by Crippen LogP contribution is -2.45. The zero-order chi connectivity index (χ0) is 17.5. The van der Waals surface area contributed by atoms with Gasteiger partial charge in [0.05, 0.1) is 5.56 Å². The zero-order valence-electron chi connectivity index (χ0n) is 13.2. The van der Waals surface area contributed by atoms with E-state index in [9.17, 15) is 18.0 Å². The molecule has 0 unspecified atom stereocenters. The van der Waals surface area contributed by atoms with Crippen LogP contribution in [0.4, 0.5) is 5.69 Å². The topological polar surface area (TPSA) is 83.6 Å². The standard InChI is InChI=1S/C17H16N2O4S/c1-11-7-3-5-9-14(11)18-16(20)12(2)19-17(21)13-8-4-6-10-15(13)24(19,22)23/h3-10,12H,1-2H3,(H,18,20)/t12-/m0/s1. The van der Waals surface area contributed by atoms with Gasteiger partial charge in [0.15, 0.2) is 0 Å². The van der Waals surface area contributed by atoms with Crippen LogP contribution in [0.1, 0.15) is 22.8 Å². The number of anilines is 1. The van der Waals surface area contributed by atoms with Gasteiger partial charge in [-0.25, -0.2) is 12.7 Å². The van der Waals surface area contributed by atoms with Crippen LogP contribution in [-0.2, 0) is 14.8 Å². The Morgan fingerprint density at radius 1 is 1.08 bits per heavy atom. The van der Waals surface area contributed by atoms with E-state index >= 15 is 0 Å². The molecule has 0 fully saturated rings. The van der Waals surface area contributed by atoms with E-state index in [4.69, 9.17) is 0 Å². The van der Waals surface area contributed by atoms with Crippen molar-refractivity contribution in [3.63, 3.8) is 0 Å². The molecule has 1 heterocycles. The van der Waals surface area contributed by atoms with Gasteiger partial charge in [0.2, 0.25) is 5.91 Å². The van der Waals surface area contributed by atoms with Gasteiger partial charge >= 0.3 is 0 Å². The maximum absolute atomic E-state index is 12.6. The van der Waals surface area contributed by atoms with Crippen molar-refractivity contribution >= 4 is 27.5 Å². The molecule has 2 amide bonds. The number of rotatable bonds is 3. The van der Waals surface area contributed by atoms with Crippen LogP contribution < -0.4 is 5.32 Å². The van der Waals surface area contributed by atoms with Crippen LogP contribution in [0.5, 0.6) is 0 Å². The number of aryl methyl sites for hydroxylation is 1. The predicted octanol–water partition coefficient (Wildman–Crippen LogP) is 2.17. The molecule has 2 aromatic carbocycles. The fourth-order valence-electron chi connectivity index (χ4n) is 2.64. The first-order valence-corrected chi connectivity index (χ1v) is 8.82. The molecule has 7 heteroatoms. The first-order valence-electron chi connectivity index (χ1n) is 7.38. The van der Waals surface area contributed by atoms with Crippen molar-refractivity contribution in [3.8, 4) is 0 Å². The molecular formula is C17H16N2O4S. The quantitative estimate of drug-likeness (QED) is 0.925. The van der Waals surface area contributed by atoms with Gasteiger partial charge in [-0.05, 0) is 37.6 Å². The molecule has 3 rings (SSSR count). The molecule has 1 aliphatic rings. The van der Waals surface area contributed by atoms with E-state index < -0.39 is 27.9 Å². The Balaban J connectivity index is 1.91. The van der Waals surface area contributed by atoms with Crippen LogP contribution in [0.3, 0.4) is 0 Å². The van der Waals surface area contributed by atoms with Gasteiger partial charge in [-0.15, -0.1) is 0 Å². The Labute approximate surface area is 140 Å². The first kappa shape index (κ1) is 16.2. The molecule has 0 saturated heterocycles. The Kier molecular flexibility index (Phi) is 3.88. The highest BCUT2D eigenvalue weighted by Gasteiger charge is 2.45. The fraction of sp³-hybridized carbons (Fsp3) is 0.176. The number of para-hydroxylation sites is 1. The van der Waals surface area contributed by atoms with Crippen molar-refractivity contribution < 1.29 is 18.0 Å². The van der Waals surface area contributed by atoms with Crippen LogP contribution in [0, 0.1) is 6.92 Å². The third kappa shape index (κ3) is 2.46. The second-order valence-corrected chi connectivity index (χ2v) is 7.37. The SMILES string of the molecule is Cc1ccccc1NC(=O)[C@H](C)N1C(=O)c2ccccc2S1(=O)=O. The Morgan fingerprint density at radius 2 is 1.71 bits per heavy atom. The second-order valence-electron chi connectivity index (χ2n) is 5.58. The lowest BCUT2D eigenvalue weighted by molar-refractivity contribution is -0.118. The number of benzene rings is 2. The zero-order valence-corrected chi connectivity index (χ0v) is 14.0. The summed E-state index contributed by atoms with van der Waals surface area (Å²) in [7, 11) is -4.02. The molecule has 24 heavy (non-hydrogen) atoms. The Bertz CT molecular complexity index is 937. The number of nitrogens with one attached hydrogen (secondary N) is 1. The molecule has 6 nitrogen and oxygen atoms in total. The van der Waals surface area contributed by atoms with Crippen molar-refractivity contribution in [3.05, 3.63) is 59.7 Å². The minimum atomic E-state index is -4.02. The summed E-state index contributed by atoms with van der Waals surface area (Å²) in [4.78, 5) is 24.8. The highest BCUT2D eigenvalue weighted by molar-refractivity contribution is 7.90. The van der Waals surface area contributed by atoms with Crippen molar-refractivity contribution in [2.45, 2.75) is 24.8 Å². The molecule has 1 atom stereocenters. The minimum absolute atomic E-state index is 0.0643. The Morgan fingerprint density at radius 3 is 2.38 bits per heavy atom. The largest absolute Gasteiger partial charge is 0.324 e. The number of amides is 2. The summed E-state index contributed by atoms with van der Waals surface area (Å²) in [5.41, 5.74) is 1.51. The summed E-state index contributed by atoms with van der Waals surface area (Å²) in [5, 5.41) is 2.67. The maximum atomic E-state index is 12.6. The van der Waals surface area contributed by atoms with E-state index in [-0.39, 0.29) is 10.5 Å². The highest BCUT2D eigenvalue weighted by Crippen LogP contribution is 2.32. The molecular weight excluding hydrogens is 328 g/mol. The third-order valence-corrected chi connectivity index (χ3v) is 5.90. The third-order valence-electron chi connectivity index (χ3n) is 3.99. The van der Waals surface area contributed by atoms with Crippen LogP contribution in [0.25, 0.3) is 0 Å². The van der Waals surface area contributed by atoms with Gasteiger partial charge in [0.25, 0.3) is 15.9 Å². The van der Waals surface area contributed by atoms with Gasteiger partial charge < -0.3 is 5.32 Å². The van der Waals surface area contributed by atoms with Crippen molar-refractivity contribution in [1.29, 1.82) is 0 Å². The second kappa shape index (κ2) is 5.76. The summed E-state index contributed by atoms with van der Waals surface area (Å²) < 4.78 is 25.8. The smallest absolute Gasteiger partial charge is 0.269 e. The number of sulfonamides is 1. The summed E-state index contributed by atoms with van der Waals surface area (Å²) in [6.45, 7) is 3.23. The van der Waals surface area contributed by atoms with Gasteiger partial charge in [-0.2, -0.15) is 0 Å². The van der Waals surface area contributed by atoms with Gasteiger partial charge in [-0.3, -0.25) is 9.59 Å². The highest BCUT2D eigenvalue weighted by atomic mass is 32.2. The van der Waals surface area contributed by atoms with Gasteiger partial charge in [0, 0.05) is 5.69 Å². The fourth-order valence-corrected chi connectivity index (χ4v) is 4.37. The average Bonchev–Trinajstić information content (AvgIpc) is 2.76. The number of hydrogen-bond donors (Lipinski definition) is 1. The number of fused-ring (bicyclic) bond motifs is 1. The van der Waals surface area contributed by atoms with Gasteiger partial charge in [-0.1, -0.05) is 30.3 Å². The Hall–Kier alpha value is -2.67. The van der Waals surface area contributed by atoms with Gasteiger partial charge in [0.1, 0.15) is 10.9 Å². The van der Waals surface area contributed by atoms with Crippen LogP contribution in [0.2, 0.25) is 0 Å². The van der Waals surface area contributed by atoms with Crippen molar-refractivity contribution in [1.82, 2.24) is 4.31 Å². The van der Waals surface area contributed by atoms with E-state index in [2.05, 4.69) is 5.32 Å². The lowest BCUT2D eigenvalue weighted by Gasteiger charge is -2.22. The molecule has 1 aliphatic heterocycles. The average molecular weight is 344 g/mol. The first-order chi connectivity index (χ1) is 11.3. The molecule has 0 aliphatic carbocycles. The normalized spacial score (nSPS) is 16.6. The van der Waals surface area contributed by atoms with Crippen molar-refractivity contribution in [2.75, 3.05) is 5.32 Å². The van der Waals surface area contributed by atoms with E-state index in [1.165, 1.54) is 19.1 Å². The minimum Gasteiger partial charge on any atom is -0.324 e. The predicted molar refractivity (Wildman–Crippen MR) is 89.1 cm³/mol. The van der Waals surface area contributed by atoms with Crippen LogP contribution in [0.15, 0.2) is 53.4 Å². The number of nitrogens with zero attached hydrogens (tertiary/aromatic N) is 1. The molecule has 0 saturated carbocycles. The van der Waals surface area contributed by atoms with E-state index in [0.717, 1.165) is 5.56 Å². The number of hydrogen-bond acceptors (Lipinski definition) is 4. The number of carbonyl (C=O) groups excluding carboxylic acids is 2. The summed E-state index contributed by atoms with van der Waals surface area (Å²) in [5.74, 6) is -1.24. The summed E-state index contributed by atoms with van der Waals surface area (Å²) in [6, 6.07) is 11.9. The lowest BCUT2D eigenvalue weighted by atomic mass is 10.1. The summed E-state index contributed by atoms with van der Waals surface area (Å²) in [6.07, 6.45) is 0. The van der Waals surface area contributed by atoms with E-state index in [1.807, 2.05) is 19.1 Å².